The highest BCUT2D eigenvalue weighted by molar-refractivity contribution is 6.91. The summed E-state index contributed by atoms with van der Waals surface area (Å²) >= 11 is 0. The van der Waals surface area contributed by atoms with E-state index in [4.69, 9.17) is 14.2 Å². The molecule has 1 aliphatic heterocycles. The predicted molar refractivity (Wildman–Crippen MR) is 174 cm³/mol. The zero-order chi connectivity index (χ0) is 31.3. The van der Waals surface area contributed by atoms with Gasteiger partial charge in [-0.2, -0.15) is 0 Å². The van der Waals surface area contributed by atoms with Gasteiger partial charge < -0.3 is 19.3 Å². The van der Waals surface area contributed by atoms with Gasteiger partial charge in [0.25, 0.3) is 5.56 Å². The molecule has 1 saturated heterocycles. The van der Waals surface area contributed by atoms with Crippen LogP contribution in [0.3, 0.4) is 0 Å². The minimum Gasteiger partial charge on any atom is -0.497 e. The highest BCUT2D eigenvalue weighted by Crippen LogP contribution is 2.46. The molecule has 2 aromatic carbocycles. The number of rotatable bonds is 13. The summed E-state index contributed by atoms with van der Waals surface area (Å²) < 4.78 is 21.0. The quantitative estimate of drug-likeness (QED) is 0.222. The number of methoxy groups -OCH3 is 2. The van der Waals surface area contributed by atoms with Gasteiger partial charge in [-0.3, -0.25) is 14.0 Å². The van der Waals surface area contributed by atoms with Crippen LogP contribution in [0.15, 0.2) is 77.9 Å². The Morgan fingerprint density at radius 3 is 2.39 bits per heavy atom. The van der Waals surface area contributed by atoms with Gasteiger partial charge in [0.1, 0.15) is 5.75 Å². The van der Waals surface area contributed by atoms with Gasteiger partial charge in [-0.25, -0.2) is 0 Å². The lowest BCUT2D eigenvalue weighted by Crippen LogP contribution is -2.50. The van der Waals surface area contributed by atoms with Crippen LogP contribution in [0.1, 0.15) is 31.0 Å². The first-order chi connectivity index (χ1) is 21.2. The lowest BCUT2D eigenvalue weighted by Gasteiger charge is -2.36. The number of hydrogen-bond acceptors (Lipinski definition) is 7. The Balaban J connectivity index is 1.32. The van der Waals surface area contributed by atoms with Crippen LogP contribution in [0.4, 0.5) is 0 Å². The van der Waals surface area contributed by atoms with Crippen LogP contribution in [-0.4, -0.2) is 65.8 Å². The monoisotopic (exact) mass is 616 g/mol. The second kappa shape index (κ2) is 13.9. The van der Waals surface area contributed by atoms with Gasteiger partial charge in [-0.1, -0.05) is 54.7 Å². The first-order valence-corrected chi connectivity index (χ1v) is 18.5. The van der Waals surface area contributed by atoms with Gasteiger partial charge in [-0.05, 0) is 72.7 Å². The summed E-state index contributed by atoms with van der Waals surface area (Å²) in [5.41, 5.74) is 3.07. The summed E-state index contributed by atoms with van der Waals surface area (Å²) in [5.74, 6) is 1.58. The van der Waals surface area contributed by atoms with Crippen LogP contribution in [0.5, 0.6) is 11.5 Å². The molecule has 0 aliphatic carbocycles. The molecule has 1 aliphatic rings. The second-order valence-electron chi connectivity index (χ2n) is 12.2. The summed E-state index contributed by atoms with van der Waals surface area (Å²) in [7, 11) is 1.25. The number of aliphatic hydroxyl groups is 1. The smallest absolute Gasteiger partial charge is 0.297 e. The fraction of sp³-hybridized carbons (Fsp3) is 0.441. The maximum atomic E-state index is 12.7. The molecule has 0 spiro atoms. The molecule has 0 bridgehead atoms. The van der Waals surface area contributed by atoms with E-state index in [1.54, 1.807) is 23.9 Å². The molecule has 4 aromatic rings. The van der Waals surface area contributed by atoms with E-state index in [1.165, 1.54) is 17.9 Å². The fourth-order valence-corrected chi connectivity index (χ4v) is 10.9. The van der Waals surface area contributed by atoms with E-state index in [0.717, 1.165) is 42.9 Å². The number of benzene rings is 2. The molecule has 5 rings (SSSR count). The molecular weight excluding hydrogens is 572 g/mol. The number of hydrogen-bond donors (Lipinski definition) is 1. The normalized spacial score (nSPS) is 20.1. The number of nitrogens with zero attached hydrogens (tertiary/aromatic N) is 4. The van der Waals surface area contributed by atoms with Crippen molar-refractivity contribution in [3.05, 3.63) is 94.7 Å². The predicted octanol–water partition coefficient (Wildman–Crippen LogP) is 4.39. The molecule has 0 radical (unpaired) electrons. The molecule has 3 heterocycles. The van der Waals surface area contributed by atoms with Gasteiger partial charge in [0.15, 0.2) is 5.75 Å². The van der Waals surface area contributed by atoms with Crippen LogP contribution in [0.2, 0.25) is 18.6 Å². The zero-order valence-corrected chi connectivity index (χ0v) is 27.3. The maximum Gasteiger partial charge on any atom is 0.297 e. The van der Waals surface area contributed by atoms with Gasteiger partial charge in [-0.15, -0.1) is 5.10 Å². The highest BCUT2D eigenvalue weighted by atomic mass is 28.3. The van der Waals surface area contributed by atoms with Crippen LogP contribution in [-0.2, 0) is 24.1 Å². The van der Waals surface area contributed by atoms with E-state index in [0.29, 0.717) is 23.6 Å². The number of pyridine rings is 1. The van der Waals surface area contributed by atoms with Crippen molar-refractivity contribution in [2.75, 3.05) is 20.8 Å². The lowest BCUT2D eigenvalue weighted by atomic mass is 9.95. The highest BCUT2D eigenvalue weighted by Gasteiger charge is 2.50. The van der Waals surface area contributed by atoms with E-state index in [9.17, 15) is 9.90 Å². The minimum atomic E-state index is -1.96. The zero-order valence-electron chi connectivity index (χ0n) is 26.3. The SMILES string of the molecule is COc1ccc([Si](C)(C)[C@@H]2[C@@H](C)[C@@H](CCc3ccc(-n4cccc(OC)c4=O)cc3)O[C@H]2CCn2cc(CCO)nn2)cc1. The largest absolute Gasteiger partial charge is 0.497 e. The molecule has 0 saturated carbocycles. The average molecular weight is 617 g/mol. The summed E-state index contributed by atoms with van der Waals surface area (Å²) in [6, 6.07) is 20.3. The number of aliphatic hydroxyl groups excluding tert-OH is 1. The number of ether oxygens (including phenoxy) is 3. The molecule has 9 nitrogen and oxygen atoms in total. The number of aromatic nitrogens is 4. The molecule has 1 N–H and O–H groups in total. The van der Waals surface area contributed by atoms with Crippen molar-refractivity contribution < 1.29 is 19.3 Å². The molecular formula is C34H44N4O5Si. The van der Waals surface area contributed by atoms with Crippen LogP contribution in [0.25, 0.3) is 5.69 Å². The molecule has 10 heteroatoms. The molecule has 0 unspecified atom stereocenters. The Morgan fingerprint density at radius 2 is 1.70 bits per heavy atom. The molecule has 2 aromatic heterocycles. The molecule has 1 fully saturated rings. The van der Waals surface area contributed by atoms with Crippen molar-refractivity contribution in [3.63, 3.8) is 0 Å². The molecule has 234 valence electrons. The molecule has 4 atom stereocenters. The lowest BCUT2D eigenvalue weighted by molar-refractivity contribution is 0.0250. The summed E-state index contributed by atoms with van der Waals surface area (Å²) in [4.78, 5) is 12.7. The van der Waals surface area contributed by atoms with Gasteiger partial charge in [0.2, 0.25) is 0 Å². The van der Waals surface area contributed by atoms with Crippen LogP contribution >= 0.6 is 0 Å². The Labute approximate surface area is 260 Å². The Hall–Kier alpha value is -3.73. The Kier molecular flexibility index (Phi) is 10.0. The van der Waals surface area contributed by atoms with E-state index in [1.807, 2.05) is 29.1 Å². The van der Waals surface area contributed by atoms with E-state index in [2.05, 4.69) is 66.7 Å². The van der Waals surface area contributed by atoms with Crippen LogP contribution in [0, 0.1) is 5.92 Å². The van der Waals surface area contributed by atoms with Crippen molar-refractivity contribution in [2.45, 2.75) is 70.0 Å². The summed E-state index contributed by atoms with van der Waals surface area (Å²) in [6.45, 7) is 8.07. The summed E-state index contributed by atoms with van der Waals surface area (Å²) in [5, 5.41) is 19.2. The van der Waals surface area contributed by atoms with Crippen molar-refractivity contribution in [3.8, 4) is 17.2 Å². The van der Waals surface area contributed by atoms with E-state index < -0.39 is 8.07 Å². The van der Waals surface area contributed by atoms with Crippen molar-refractivity contribution in [2.24, 2.45) is 5.92 Å². The second-order valence-corrected chi connectivity index (χ2v) is 16.9. The third-order valence-corrected chi connectivity index (χ3v) is 13.6. The Morgan fingerprint density at radius 1 is 0.955 bits per heavy atom. The topological polar surface area (TPSA) is 101 Å². The maximum absolute atomic E-state index is 12.7. The molecule has 44 heavy (non-hydrogen) atoms. The van der Waals surface area contributed by atoms with Gasteiger partial charge in [0, 0.05) is 37.7 Å². The molecule has 0 amide bonds. The van der Waals surface area contributed by atoms with Gasteiger partial charge >= 0.3 is 0 Å². The van der Waals surface area contributed by atoms with E-state index in [-0.39, 0.29) is 24.4 Å². The third kappa shape index (κ3) is 6.82. The van der Waals surface area contributed by atoms with Gasteiger partial charge in [0.05, 0.1) is 40.2 Å². The fourth-order valence-electron chi connectivity index (χ4n) is 6.82. The first kappa shape index (κ1) is 31.7. The van der Waals surface area contributed by atoms with Crippen molar-refractivity contribution in [1.82, 2.24) is 19.6 Å². The summed E-state index contributed by atoms with van der Waals surface area (Å²) in [6.07, 6.45) is 7.10. The first-order valence-electron chi connectivity index (χ1n) is 15.4. The minimum absolute atomic E-state index is 0.0651. The standard InChI is InChI=1S/C34H44N4O5Si/c1-24-30(17-10-25-8-11-27(12-9-25)38-20-6-7-32(42-3)34(38)40)43-31(18-21-37-23-26(19-22-39)35-36-37)33(24)44(4,5)29-15-13-28(41-2)14-16-29/h6-9,11-16,20,23-24,30-31,33,39H,10,17-19,21-22H2,1-5H3/t24-,30+,31-,33+/m0/s1. The van der Waals surface area contributed by atoms with E-state index >= 15 is 0 Å². The van der Waals surface area contributed by atoms with Crippen molar-refractivity contribution in [1.29, 1.82) is 0 Å². The van der Waals surface area contributed by atoms with Crippen molar-refractivity contribution >= 4 is 13.3 Å². The third-order valence-electron chi connectivity index (χ3n) is 9.23. The van der Waals surface area contributed by atoms with Crippen LogP contribution < -0.4 is 20.2 Å². The average Bonchev–Trinajstić information content (AvgIpc) is 3.63. The number of aryl methyl sites for hydroxylation is 2. The Bertz CT molecular complexity index is 1570.